The molecule has 144 valence electrons. The molecule has 0 radical (unpaired) electrons. The summed E-state index contributed by atoms with van der Waals surface area (Å²) in [7, 11) is -3.77. The fourth-order valence-electron chi connectivity index (χ4n) is 3.55. The van der Waals surface area contributed by atoms with Gasteiger partial charge in [0.2, 0.25) is 10.0 Å². The summed E-state index contributed by atoms with van der Waals surface area (Å²) in [6, 6.07) is 4.47. The van der Waals surface area contributed by atoms with E-state index in [1.807, 2.05) is 0 Å². The van der Waals surface area contributed by atoms with E-state index < -0.39 is 16.0 Å². The summed E-state index contributed by atoms with van der Waals surface area (Å²) in [5.41, 5.74) is 0.457. The lowest BCUT2D eigenvalue weighted by atomic mass is 9.95. The van der Waals surface area contributed by atoms with E-state index in [9.17, 15) is 18.3 Å². The highest BCUT2D eigenvalue weighted by Crippen LogP contribution is 2.26. The molecular weight excluding hydrogens is 356 g/mol. The first-order valence-corrected chi connectivity index (χ1v) is 10.7. The van der Waals surface area contributed by atoms with Gasteiger partial charge in [0.15, 0.2) is 0 Å². The minimum Gasteiger partial charge on any atom is -0.478 e. The Morgan fingerprint density at radius 1 is 1.15 bits per heavy atom. The summed E-state index contributed by atoms with van der Waals surface area (Å²) in [6.07, 6.45) is 7.10. The smallest absolute Gasteiger partial charge is 0.337 e. The van der Waals surface area contributed by atoms with Crippen molar-refractivity contribution in [2.75, 3.05) is 18.5 Å². The Kier molecular flexibility index (Phi) is 6.16. The van der Waals surface area contributed by atoms with Gasteiger partial charge < -0.3 is 15.2 Å². The zero-order valence-electron chi connectivity index (χ0n) is 14.7. The topological polar surface area (TPSA) is 105 Å². The van der Waals surface area contributed by atoms with E-state index in [1.54, 1.807) is 6.07 Å². The molecule has 1 atom stereocenters. The molecule has 1 heterocycles. The molecule has 2 fully saturated rings. The summed E-state index contributed by atoms with van der Waals surface area (Å²) >= 11 is 0. The second kappa shape index (κ2) is 8.37. The lowest BCUT2D eigenvalue weighted by molar-refractivity contribution is 0.0697. The first-order chi connectivity index (χ1) is 12.5. The molecule has 1 aliphatic carbocycles. The minimum atomic E-state index is -3.77. The molecule has 1 saturated carbocycles. The van der Waals surface area contributed by atoms with Crippen molar-refractivity contribution in [1.29, 1.82) is 0 Å². The van der Waals surface area contributed by atoms with Crippen LogP contribution >= 0.6 is 0 Å². The summed E-state index contributed by atoms with van der Waals surface area (Å²) < 4.78 is 32.9. The van der Waals surface area contributed by atoms with Crippen LogP contribution in [0.25, 0.3) is 0 Å². The molecule has 0 aromatic heterocycles. The Bertz CT molecular complexity index is 738. The molecule has 3 N–H and O–H groups in total. The number of carboxylic acids is 1. The van der Waals surface area contributed by atoms with Crippen LogP contribution in [0.5, 0.6) is 0 Å². The van der Waals surface area contributed by atoms with E-state index in [2.05, 4.69) is 10.0 Å². The van der Waals surface area contributed by atoms with Crippen LogP contribution in [0.4, 0.5) is 5.69 Å². The van der Waals surface area contributed by atoms with Crippen LogP contribution in [0.1, 0.15) is 55.3 Å². The van der Waals surface area contributed by atoms with E-state index >= 15 is 0 Å². The quantitative estimate of drug-likeness (QED) is 0.669. The van der Waals surface area contributed by atoms with Crippen LogP contribution in [-0.2, 0) is 14.8 Å². The Hall–Kier alpha value is -1.64. The molecule has 7 nitrogen and oxygen atoms in total. The summed E-state index contributed by atoms with van der Waals surface area (Å²) in [5, 5.41) is 12.8. The molecular formula is C18H26N2O5S. The number of hydrogen-bond donors (Lipinski definition) is 3. The van der Waals surface area contributed by atoms with Crippen LogP contribution in [0.15, 0.2) is 23.1 Å². The SMILES string of the molecule is O=C(O)c1cc(S(=O)(=O)NC[C@@H]2CCCO2)ccc1NC1CCCCC1. The van der Waals surface area contributed by atoms with Crippen LogP contribution in [0.3, 0.4) is 0 Å². The number of ether oxygens (including phenoxy) is 1. The van der Waals surface area contributed by atoms with Crippen molar-refractivity contribution in [3.63, 3.8) is 0 Å². The molecule has 0 amide bonds. The second-order valence-corrected chi connectivity index (χ2v) is 8.75. The first-order valence-electron chi connectivity index (χ1n) is 9.21. The third-order valence-corrected chi connectivity index (χ3v) is 6.44. The van der Waals surface area contributed by atoms with E-state index in [4.69, 9.17) is 4.74 Å². The number of carboxylic acid groups (broad SMARTS) is 1. The highest BCUT2D eigenvalue weighted by Gasteiger charge is 2.23. The number of rotatable bonds is 7. The molecule has 1 aromatic rings. The fourth-order valence-corrected chi connectivity index (χ4v) is 4.64. The van der Waals surface area contributed by atoms with Gasteiger partial charge in [0.25, 0.3) is 0 Å². The molecule has 1 aliphatic heterocycles. The summed E-state index contributed by atoms with van der Waals surface area (Å²) in [5.74, 6) is -1.14. The monoisotopic (exact) mass is 382 g/mol. The van der Waals surface area contributed by atoms with Gasteiger partial charge in [-0.25, -0.2) is 17.9 Å². The lowest BCUT2D eigenvalue weighted by Gasteiger charge is -2.24. The maximum Gasteiger partial charge on any atom is 0.337 e. The van der Waals surface area contributed by atoms with Gasteiger partial charge in [0, 0.05) is 24.9 Å². The molecule has 8 heteroatoms. The zero-order valence-corrected chi connectivity index (χ0v) is 15.6. The Labute approximate surface area is 154 Å². The number of nitrogens with one attached hydrogen (secondary N) is 2. The molecule has 1 saturated heterocycles. The minimum absolute atomic E-state index is 0.0180. The molecule has 1 aromatic carbocycles. The second-order valence-electron chi connectivity index (χ2n) is 6.98. The van der Waals surface area contributed by atoms with Gasteiger partial charge in [0.1, 0.15) is 0 Å². The maximum atomic E-state index is 12.5. The van der Waals surface area contributed by atoms with Gasteiger partial charge in [-0.15, -0.1) is 0 Å². The Morgan fingerprint density at radius 3 is 2.58 bits per heavy atom. The van der Waals surface area contributed by atoms with Gasteiger partial charge >= 0.3 is 5.97 Å². The number of sulfonamides is 1. The number of aromatic carboxylic acids is 1. The van der Waals surface area contributed by atoms with E-state index in [0.717, 1.165) is 38.5 Å². The first kappa shape index (κ1) is 19.1. The van der Waals surface area contributed by atoms with Crippen LogP contribution in [-0.4, -0.2) is 44.8 Å². The van der Waals surface area contributed by atoms with Gasteiger partial charge in [-0.05, 0) is 43.9 Å². The number of carbonyl (C=O) groups is 1. The Balaban J connectivity index is 1.74. The Morgan fingerprint density at radius 2 is 1.92 bits per heavy atom. The largest absolute Gasteiger partial charge is 0.478 e. The van der Waals surface area contributed by atoms with Crippen molar-refractivity contribution < 1.29 is 23.1 Å². The van der Waals surface area contributed by atoms with Crippen LogP contribution in [0, 0.1) is 0 Å². The average Bonchev–Trinajstić information content (AvgIpc) is 3.14. The van der Waals surface area contributed by atoms with Gasteiger partial charge in [0.05, 0.1) is 16.6 Å². The third-order valence-electron chi connectivity index (χ3n) is 5.02. The predicted octanol–water partition coefficient (Wildman–Crippen LogP) is 2.59. The zero-order chi connectivity index (χ0) is 18.6. The van der Waals surface area contributed by atoms with Crippen molar-refractivity contribution >= 4 is 21.7 Å². The van der Waals surface area contributed by atoms with Crippen molar-refractivity contribution in [2.45, 2.75) is 62.0 Å². The van der Waals surface area contributed by atoms with Gasteiger partial charge in [-0.2, -0.15) is 0 Å². The van der Waals surface area contributed by atoms with Crippen molar-refractivity contribution in [3.8, 4) is 0 Å². The molecule has 0 spiro atoms. The standard InChI is InChI=1S/C18H26N2O5S/c21-18(22)16-11-15(26(23,24)19-12-14-7-4-10-25-14)8-9-17(16)20-13-5-2-1-3-6-13/h8-9,11,13-14,19-20H,1-7,10,12H2,(H,21,22)/t14-/m0/s1. The molecule has 2 aliphatic rings. The molecule has 0 bridgehead atoms. The van der Waals surface area contributed by atoms with Crippen LogP contribution in [0.2, 0.25) is 0 Å². The molecule has 0 unspecified atom stereocenters. The number of hydrogen-bond acceptors (Lipinski definition) is 5. The fraction of sp³-hybridized carbons (Fsp3) is 0.611. The number of benzene rings is 1. The van der Waals surface area contributed by atoms with E-state index in [0.29, 0.717) is 12.3 Å². The van der Waals surface area contributed by atoms with Crippen molar-refractivity contribution in [1.82, 2.24) is 4.72 Å². The van der Waals surface area contributed by atoms with Crippen molar-refractivity contribution in [2.24, 2.45) is 0 Å². The van der Waals surface area contributed by atoms with Crippen LogP contribution < -0.4 is 10.0 Å². The highest BCUT2D eigenvalue weighted by atomic mass is 32.2. The van der Waals surface area contributed by atoms with E-state index in [-0.39, 0.29) is 29.1 Å². The maximum absolute atomic E-state index is 12.5. The molecule has 26 heavy (non-hydrogen) atoms. The highest BCUT2D eigenvalue weighted by molar-refractivity contribution is 7.89. The summed E-state index contributed by atoms with van der Waals surface area (Å²) in [4.78, 5) is 11.6. The lowest BCUT2D eigenvalue weighted by Crippen LogP contribution is -2.32. The number of anilines is 1. The van der Waals surface area contributed by atoms with Gasteiger partial charge in [-0.3, -0.25) is 0 Å². The van der Waals surface area contributed by atoms with Crippen molar-refractivity contribution in [3.05, 3.63) is 23.8 Å². The molecule has 3 rings (SSSR count). The normalized spacial score (nSPS) is 21.6. The third kappa shape index (κ3) is 4.75. The predicted molar refractivity (Wildman–Crippen MR) is 98.1 cm³/mol. The summed E-state index contributed by atoms with van der Waals surface area (Å²) in [6.45, 7) is 0.851. The average molecular weight is 382 g/mol. The van der Waals surface area contributed by atoms with E-state index in [1.165, 1.54) is 18.6 Å². The van der Waals surface area contributed by atoms with Gasteiger partial charge in [-0.1, -0.05) is 19.3 Å².